The number of hydrogen-bond acceptors (Lipinski definition) is 4. The topological polar surface area (TPSA) is 43.2 Å². The predicted molar refractivity (Wildman–Crippen MR) is 107 cm³/mol. The van der Waals surface area contributed by atoms with Crippen molar-refractivity contribution in [3.05, 3.63) is 71.3 Å². The normalized spacial score (nSPS) is 20.6. The van der Waals surface area contributed by atoms with Crippen LogP contribution in [0.25, 0.3) is 0 Å². The summed E-state index contributed by atoms with van der Waals surface area (Å²) in [6.45, 7) is 6.09. The average molecular weight is 352 g/mol. The minimum Gasteiger partial charge on any atom is -0.387 e. The van der Waals surface area contributed by atoms with Crippen LogP contribution in [0.15, 0.2) is 64.9 Å². The first-order valence-corrected chi connectivity index (χ1v) is 8.62. The standard InChI is InChI=1S/C11H13NO.C10H11NO.CH4/c1-8-5-3-4-6-10(8)11-7-9(2)12-13-11;1-8-7-10(12-11-8)9-5-3-2-4-6-9;/h3-6,11H,7H2,1-2H3;2-6,10H,7H2,1H3;1H4. The monoisotopic (exact) mass is 352 g/mol. The zero-order chi connectivity index (χ0) is 17.6. The van der Waals surface area contributed by atoms with Crippen molar-refractivity contribution in [1.29, 1.82) is 0 Å². The Balaban J connectivity index is 0.000000180. The predicted octanol–water partition coefficient (Wildman–Crippen LogP) is 5.99. The van der Waals surface area contributed by atoms with Crippen molar-refractivity contribution in [2.24, 2.45) is 10.3 Å². The number of hydrogen-bond donors (Lipinski definition) is 0. The Labute approximate surface area is 156 Å². The summed E-state index contributed by atoms with van der Waals surface area (Å²) in [5.74, 6) is 0. The fraction of sp³-hybridized carbons (Fsp3) is 0.364. The van der Waals surface area contributed by atoms with E-state index in [4.69, 9.17) is 9.68 Å². The third-order valence-corrected chi connectivity index (χ3v) is 4.34. The van der Waals surface area contributed by atoms with Crippen LogP contribution in [0.4, 0.5) is 0 Å². The molecule has 4 rings (SSSR count). The van der Waals surface area contributed by atoms with Crippen LogP contribution in [0, 0.1) is 6.92 Å². The van der Waals surface area contributed by atoms with E-state index in [0.29, 0.717) is 0 Å². The third kappa shape index (κ3) is 4.94. The Morgan fingerprint density at radius 3 is 1.81 bits per heavy atom. The van der Waals surface area contributed by atoms with Gasteiger partial charge >= 0.3 is 0 Å². The zero-order valence-electron chi connectivity index (χ0n) is 15.0. The van der Waals surface area contributed by atoms with Gasteiger partial charge in [0, 0.05) is 12.8 Å². The highest BCUT2D eigenvalue weighted by molar-refractivity contribution is 5.83. The summed E-state index contributed by atoms with van der Waals surface area (Å²) in [6.07, 6.45) is 2.13. The largest absolute Gasteiger partial charge is 0.387 e. The first kappa shape index (κ1) is 19.7. The SMILES string of the molecule is C.CC1=NOC(c2ccccc2)C1.CC1=NOC(c2ccccc2C)C1. The van der Waals surface area contributed by atoms with Gasteiger partial charge in [0.1, 0.15) is 0 Å². The molecular formula is C22H28N2O2. The molecule has 0 saturated heterocycles. The van der Waals surface area contributed by atoms with E-state index in [2.05, 4.69) is 41.5 Å². The minimum absolute atomic E-state index is 0. The molecule has 0 fully saturated rings. The lowest BCUT2D eigenvalue weighted by Crippen LogP contribution is -1.99. The van der Waals surface area contributed by atoms with Gasteiger partial charge in [0.05, 0.1) is 11.4 Å². The van der Waals surface area contributed by atoms with Gasteiger partial charge in [0.2, 0.25) is 0 Å². The number of oxime groups is 2. The average Bonchev–Trinajstić information content (AvgIpc) is 3.25. The van der Waals surface area contributed by atoms with Gasteiger partial charge in [-0.1, -0.05) is 72.3 Å². The highest BCUT2D eigenvalue weighted by Crippen LogP contribution is 2.29. The first-order chi connectivity index (χ1) is 12.1. The van der Waals surface area contributed by atoms with Gasteiger partial charge in [-0.2, -0.15) is 0 Å². The summed E-state index contributed by atoms with van der Waals surface area (Å²) in [6, 6.07) is 18.5. The van der Waals surface area contributed by atoms with Crippen molar-refractivity contribution in [3.63, 3.8) is 0 Å². The molecule has 2 aromatic carbocycles. The Kier molecular flexibility index (Phi) is 6.96. The van der Waals surface area contributed by atoms with Crippen molar-refractivity contribution in [1.82, 2.24) is 0 Å². The zero-order valence-corrected chi connectivity index (χ0v) is 15.0. The summed E-state index contributed by atoms with van der Waals surface area (Å²) < 4.78 is 0. The highest BCUT2D eigenvalue weighted by Gasteiger charge is 2.21. The molecule has 0 N–H and O–H groups in total. The molecule has 2 aliphatic rings. The van der Waals surface area contributed by atoms with Crippen LogP contribution in [-0.4, -0.2) is 11.4 Å². The van der Waals surface area contributed by atoms with E-state index < -0.39 is 0 Å². The summed E-state index contributed by atoms with van der Waals surface area (Å²) in [5, 5.41) is 7.86. The fourth-order valence-electron chi connectivity index (χ4n) is 2.95. The molecule has 0 bridgehead atoms. The lowest BCUT2D eigenvalue weighted by molar-refractivity contribution is 0.0852. The van der Waals surface area contributed by atoms with E-state index in [-0.39, 0.29) is 19.6 Å². The third-order valence-electron chi connectivity index (χ3n) is 4.34. The maximum atomic E-state index is 5.32. The molecule has 138 valence electrons. The molecule has 2 aromatic rings. The molecule has 0 amide bonds. The number of nitrogens with zero attached hydrogens (tertiary/aromatic N) is 2. The summed E-state index contributed by atoms with van der Waals surface area (Å²) >= 11 is 0. The summed E-state index contributed by atoms with van der Waals surface area (Å²) in [4.78, 5) is 10.6. The van der Waals surface area contributed by atoms with E-state index >= 15 is 0 Å². The second-order valence-electron chi connectivity index (χ2n) is 6.52. The van der Waals surface area contributed by atoms with Gasteiger partial charge in [-0.15, -0.1) is 0 Å². The van der Waals surface area contributed by atoms with E-state index in [1.807, 2.05) is 44.2 Å². The van der Waals surface area contributed by atoms with Gasteiger partial charge in [0.25, 0.3) is 0 Å². The van der Waals surface area contributed by atoms with E-state index in [9.17, 15) is 0 Å². The van der Waals surface area contributed by atoms with Crippen LogP contribution in [0.5, 0.6) is 0 Å². The van der Waals surface area contributed by atoms with Crippen LogP contribution in [-0.2, 0) is 9.68 Å². The van der Waals surface area contributed by atoms with Crippen molar-refractivity contribution >= 4 is 11.4 Å². The van der Waals surface area contributed by atoms with Crippen molar-refractivity contribution < 1.29 is 9.68 Å². The quantitative estimate of drug-likeness (QED) is 0.666. The Morgan fingerprint density at radius 2 is 1.27 bits per heavy atom. The van der Waals surface area contributed by atoms with Crippen molar-refractivity contribution in [2.45, 2.75) is 53.2 Å². The summed E-state index contributed by atoms with van der Waals surface area (Å²) in [7, 11) is 0. The van der Waals surface area contributed by atoms with Crippen LogP contribution >= 0.6 is 0 Å². The van der Waals surface area contributed by atoms with Gasteiger partial charge in [0.15, 0.2) is 12.2 Å². The Bertz CT molecular complexity index is 769. The van der Waals surface area contributed by atoms with Crippen molar-refractivity contribution in [3.8, 4) is 0 Å². The smallest absolute Gasteiger partial charge is 0.158 e. The molecule has 0 spiro atoms. The molecule has 4 heteroatoms. The van der Waals surface area contributed by atoms with Gasteiger partial charge < -0.3 is 9.68 Å². The molecule has 0 aliphatic carbocycles. The van der Waals surface area contributed by atoms with Crippen LogP contribution in [0.3, 0.4) is 0 Å². The molecule has 26 heavy (non-hydrogen) atoms. The van der Waals surface area contributed by atoms with E-state index in [0.717, 1.165) is 24.3 Å². The Morgan fingerprint density at radius 1 is 0.731 bits per heavy atom. The van der Waals surface area contributed by atoms with Gasteiger partial charge in [-0.05, 0) is 37.5 Å². The summed E-state index contributed by atoms with van der Waals surface area (Å²) in [5.41, 5.74) is 5.88. The van der Waals surface area contributed by atoms with Crippen LogP contribution in [0.1, 0.15) is 63.0 Å². The molecule has 2 atom stereocenters. The van der Waals surface area contributed by atoms with Gasteiger partial charge in [-0.3, -0.25) is 0 Å². The van der Waals surface area contributed by atoms with E-state index in [1.165, 1.54) is 16.7 Å². The molecule has 0 aromatic heterocycles. The minimum atomic E-state index is 0. The Hall–Kier alpha value is -2.62. The fourth-order valence-corrected chi connectivity index (χ4v) is 2.95. The second kappa shape index (κ2) is 9.18. The second-order valence-corrected chi connectivity index (χ2v) is 6.52. The molecule has 2 heterocycles. The highest BCUT2D eigenvalue weighted by atomic mass is 16.6. The number of aryl methyl sites for hydroxylation is 1. The van der Waals surface area contributed by atoms with Crippen molar-refractivity contribution in [2.75, 3.05) is 0 Å². The molecule has 4 nitrogen and oxygen atoms in total. The first-order valence-electron chi connectivity index (χ1n) is 8.62. The van der Waals surface area contributed by atoms with Crippen LogP contribution < -0.4 is 0 Å². The maximum absolute atomic E-state index is 5.32. The van der Waals surface area contributed by atoms with Gasteiger partial charge in [-0.25, -0.2) is 0 Å². The van der Waals surface area contributed by atoms with E-state index in [1.54, 1.807) is 0 Å². The number of rotatable bonds is 2. The molecule has 0 saturated carbocycles. The molecule has 2 aliphatic heterocycles. The lowest BCUT2D eigenvalue weighted by atomic mass is 10.0. The van der Waals surface area contributed by atoms with Crippen LogP contribution in [0.2, 0.25) is 0 Å². The maximum Gasteiger partial charge on any atom is 0.158 e. The molecule has 0 radical (unpaired) electrons. The molecular weight excluding hydrogens is 324 g/mol. The lowest BCUT2D eigenvalue weighted by Gasteiger charge is -2.10. The number of benzene rings is 2. The molecule has 2 unspecified atom stereocenters.